The molecule has 5 nitrogen and oxygen atoms in total. The number of carbonyl (C=O) groups excluding carboxylic acids is 1. The van der Waals surface area contributed by atoms with Gasteiger partial charge in [0.25, 0.3) is 0 Å². The first-order valence-corrected chi connectivity index (χ1v) is 5.29. The molecule has 2 heterocycles. The number of amides is 1. The highest BCUT2D eigenvalue weighted by Gasteiger charge is 1.98. The van der Waals surface area contributed by atoms with Crippen molar-refractivity contribution in [3.8, 4) is 11.8 Å². The van der Waals surface area contributed by atoms with Crippen molar-refractivity contribution < 1.29 is 4.79 Å². The molecular formula is C12H12N4O. The van der Waals surface area contributed by atoms with Crippen LogP contribution < -0.4 is 5.32 Å². The van der Waals surface area contributed by atoms with E-state index in [2.05, 4.69) is 27.2 Å². The Morgan fingerprint density at radius 2 is 2.47 bits per heavy atom. The van der Waals surface area contributed by atoms with Crippen molar-refractivity contribution in [3.63, 3.8) is 0 Å². The van der Waals surface area contributed by atoms with E-state index in [9.17, 15) is 4.79 Å². The van der Waals surface area contributed by atoms with Crippen molar-refractivity contribution in [2.24, 2.45) is 0 Å². The first-order chi connectivity index (χ1) is 8.27. The van der Waals surface area contributed by atoms with Crippen LogP contribution in [0.3, 0.4) is 0 Å². The molecule has 0 atom stereocenters. The standard InChI is InChI=1S/C12H12N4O/c1-10(17)13-7-3-2-5-11-9-14-12-6-4-8-15-16(11)12/h4,6,8-9H,3,7H2,1H3,(H,13,17). The van der Waals surface area contributed by atoms with Crippen molar-refractivity contribution in [2.75, 3.05) is 6.54 Å². The second kappa shape index (κ2) is 5.12. The number of rotatable bonds is 2. The van der Waals surface area contributed by atoms with Gasteiger partial charge in [0, 0.05) is 26.1 Å². The quantitative estimate of drug-likeness (QED) is 0.605. The first kappa shape index (κ1) is 11.1. The van der Waals surface area contributed by atoms with Gasteiger partial charge in [0.1, 0.15) is 5.69 Å². The molecule has 0 bridgehead atoms. The molecule has 2 aromatic rings. The monoisotopic (exact) mass is 228 g/mol. The van der Waals surface area contributed by atoms with Crippen LogP contribution in [0, 0.1) is 11.8 Å². The number of fused-ring (bicyclic) bond motifs is 1. The fourth-order valence-corrected chi connectivity index (χ4v) is 1.37. The zero-order valence-corrected chi connectivity index (χ0v) is 9.47. The first-order valence-electron chi connectivity index (χ1n) is 5.29. The van der Waals surface area contributed by atoms with Gasteiger partial charge in [-0.1, -0.05) is 5.92 Å². The summed E-state index contributed by atoms with van der Waals surface area (Å²) in [7, 11) is 0. The number of carbonyl (C=O) groups is 1. The predicted molar refractivity (Wildman–Crippen MR) is 63.2 cm³/mol. The van der Waals surface area contributed by atoms with Crippen LogP contribution in [-0.4, -0.2) is 27.0 Å². The van der Waals surface area contributed by atoms with Crippen LogP contribution in [-0.2, 0) is 4.79 Å². The number of aromatic nitrogens is 3. The Bertz CT molecular complexity index is 591. The van der Waals surface area contributed by atoms with Crippen LogP contribution in [0.15, 0.2) is 24.5 Å². The summed E-state index contributed by atoms with van der Waals surface area (Å²) in [5.41, 5.74) is 1.53. The maximum atomic E-state index is 10.6. The Balaban J connectivity index is 2.04. The van der Waals surface area contributed by atoms with Gasteiger partial charge >= 0.3 is 0 Å². The van der Waals surface area contributed by atoms with Crippen LogP contribution in [0.1, 0.15) is 19.0 Å². The lowest BCUT2D eigenvalue weighted by molar-refractivity contribution is -0.118. The van der Waals surface area contributed by atoms with Gasteiger partial charge in [-0.25, -0.2) is 9.50 Å². The Morgan fingerprint density at radius 1 is 1.59 bits per heavy atom. The summed E-state index contributed by atoms with van der Waals surface area (Å²) in [5.74, 6) is 5.91. The van der Waals surface area contributed by atoms with Crippen LogP contribution in [0.2, 0.25) is 0 Å². The lowest BCUT2D eigenvalue weighted by atomic mass is 10.4. The summed E-state index contributed by atoms with van der Waals surface area (Å²) < 4.78 is 1.69. The van der Waals surface area contributed by atoms with Gasteiger partial charge in [0.15, 0.2) is 5.65 Å². The van der Waals surface area contributed by atoms with Gasteiger partial charge < -0.3 is 5.32 Å². The van der Waals surface area contributed by atoms with Crippen molar-refractivity contribution >= 4 is 11.6 Å². The summed E-state index contributed by atoms with van der Waals surface area (Å²) >= 11 is 0. The van der Waals surface area contributed by atoms with Crippen LogP contribution in [0.4, 0.5) is 0 Å². The molecule has 0 saturated heterocycles. The summed E-state index contributed by atoms with van der Waals surface area (Å²) in [4.78, 5) is 14.8. The van der Waals surface area contributed by atoms with Gasteiger partial charge in [-0.2, -0.15) is 5.10 Å². The van der Waals surface area contributed by atoms with E-state index in [1.54, 1.807) is 16.9 Å². The number of imidazole rings is 1. The van der Waals surface area contributed by atoms with E-state index < -0.39 is 0 Å². The molecule has 0 aliphatic rings. The largest absolute Gasteiger partial charge is 0.355 e. The summed E-state index contributed by atoms with van der Waals surface area (Å²) in [5, 5.41) is 6.83. The molecule has 0 aliphatic carbocycles. The molecule has 86 valence electrons. The minimum Gasteiger partial charge on any atom is -0.355 e. The molecule has 0 aliphatic heterocycles. The van der Waals surface area contributed by atoms with Crippen LogP contribution in [0.25, 0.3) is 5.65 Å². The van der Waals surface area contributed by atoms with Crippen molar-refractivity contribution in [1.29, 1.82) is 0 Å². The van der Waals surface area contributed by atoms with E-state index in [-0.39, 0.29) is 5.91 Å². The Morgan fingerprint density at radius 3 is 3.29 bits per heavy atom. The second-order valence-electron chi connectivity index (χ2n) is 3.47. The van der Waals surface area contributed by atoms with Crippen molar-refractivity contribution in [1.82, 2.24) is 19.9 Å². The Kier molecular flexibility index (Phi) is 3.36. The number of nitrogens with one attached hydrogen (secondary N) is 1. The SMILES string of the molecule is CC(=O)NCCC#Cc1cnc2cccnn12. The fraction of sp³-hybridized carbons (Fsp3) is 0.250. The number of hydrogen-bond donors (Lipinski definition) is 1. The third kappa shape index (κ3) is 2.82. The molecule has 0 aromatic carbocycles. The topological polar surface area (TPSA) is 59.3 Å². The predicted octanol–water partition coefficient (Wildman–Crippen LogP) is 0.607. The molecule has 0 radical (unpaired) electrons. The van der Waals surface area contributed by atoms with E-state index in [1.165, 1.54) is 6.92 Å². The molecule has 1 N–H and O–H groups in total. The average molecular weight is 228 g/mol. The Labute approximate surface area is 98.9 Å². The highest BCUT2D eigenvalue weighted by atomic mass is 16.1. The van der Waals surface area contributed by atoms with E-state index >= 15 is 0 Å². The Hall–Kier alpha value is -2.35. The fourth-order valence-electron chi connectivity index (χ4n) is 1.37. The maximum Gasteiger partial charge on any atom is 0.216 e. The minimum atomic E-state index is -0.0386. The number of nitrogens with zero attached hydrogens (tertiary/aromatic N) is 3. The summed E-state index contributed by atoms with van der Waals surface area (Å²) in [6, 6.07) is 3.70. The molecule has 0 saturated carbocycles. The minimum absolute atomic E-state index is 0.0386. The molecule has 0 unspecified atom stereocenters. The molecule has 1 amide bonds. The highest BCUT2D eigenvalue weighted by Crippen LogP contribution is 2.01. The van der Waals surface area contributed by atoms with Crippen molar-refractivity contribution in [2.45, 2.75) is 13.3 Å². The van der Waals surface area contributed by atoms with E-state index in [4.69, 9.17) is 0 Å². The molecular weight excluding hydrogens is 216 g/mol. The van der Waals surface area contributed by atoms with Gasteiger partial charge in [-0.15, -0.1) is 0 Å². The zero-order valence-electron chi connectivity index (χ0n) is 9.47. The lowest BCUT2D eigenvalue weighted by Gasteiger charge is -1.94. The third-order valence-corrected chi connectivity index (χ3v) is 2.12. The van der Waals surface area contributed by atoms with Gasteiger partial charge in [0.05, 0.1) is 6.20 Å². The highest BCUT2D eigenvalue weighted by molar-refractivity contribution is 5.72. The summed E-state index contributed by atoms with van der Waals surface area (Å²) in [6.07, 6.45) is 3.99. The third-order valence-electron chi connectivity index (χ3n) is 2.12. The van der Waals surface area contributed by atoms with Gasteiger partial charge in [-0.3, -0.25) is 4.79 Å². The van der Waals surface area contributed by atoms with Crippen LogP contribution >= 0.6 is 0 Å². The molecule has 0 fully saturated rings. The maximum absolute atomic E-state index is 10.6. The van der Waals surface area contributed by atoms with E-state index in [1.807, 2.05) is 12.1 Å². The second-order valence-corrected chi connectivity index (χ2v) is 3.47. The molecule has 0 spiro atoms. The van der Waals surface area contributed by atoms with Gasteiger partial charge in [0.2, 0.25) is 5.91 Å². The van der Waals surface area contributed by atoms with E-state index in [0.717, 1.165) is 11.3 Å². The van der Waals surface area contributed by atoms with Crippen LogP contribution in [0.5, 0.6) is 0 Å². The normalized spacial score (nSPS) is 9.71. The zero-order chi connectivity index (χ0) is 12.1. The smallest absolute Gasteiger partial charge is 0.216 e. The van der Waals surface area contributed by atoms with Crippen molar-refractivity contribution in [3.05, 3.63) is 30.2 Å². The average Bonchev–Trinajstić information content (AvgIpc) is 2.72. The van der Waals surface area contributed by atoms with E-state index in [0.29, 0.717) is 13.0 Å². The van der Waals surface area contributed by atoms with Gasteiger partial charge in [-0.05, 0) is 18.1 Å². The lowest BCUT2D eigenvalue weighted by Crippen LogP contribution is -2.20. The molecule has 2 aromatic heterocycles. The molecule has 5 heteroatoms. The molecule has 17 heavy (non-hydrogen) atoms. The number of hydrogen-bond acceptors (Lipinski definition) is 3. The molecule has 2 rings (SSSR count). The summed E-state index contributed by atoms with van der Waals surface area (Å²) in [6.45, 7) is 2.05.